The number of carbonyl (C=O) groups excluding carboxylic acids is 1. The number of ether oxygens (including phenoxy) is 1. The minimum atomic E-state index is -3.65. The molecular formula is C24H32N2O4S. The molecule has 0 spiro atoms. The number of anilines is 1. The lowest BCUT2D eigenvalue weighted by Crippen LogP contribution is -2.41. The van der Waals surface area contributed by atoms with Crippen LogP contribution in [0.5, 0.6) is 5.75 Å². The van der Waals surface area contributed by atoms with Crippen LogP contribution in [0.1, 0.15) is 55.8 Å². The number of sulfonamides is 1. The van der Waals surface area contributed by atoms with Gasteiger partial charge in [-0.1, -0.05) is 31.2 Å². The van der Waals surface area contributed by atoms with Gasteiger partial charge in [0.25, 0.3) is 0 Å². The summed E-state index contributed by atoms with van der Waals surface area (Å²) in [4.78, 5) is 12.9. The van der Waals surface area contributed by atoms with E-state index < -0.39 is 10.0 Å². The second-order valence-electron chi connectivity index (χ2n) is 7.96. The smallest absolute Gasteiger partial charge is 0.241 e. The lowest BCUT2D eigenvalue weighted by molar-refractivity contribution is -0.120. The quantitative estimate of drug-likeness (QED) is 0.634. The van der Waals surface area contributed by atoms with Gasteiger partial charge in [0.1, 0.15) is 12.3 Å². The van der Waals surface area contributed by atoms with Crippen molar-refractivity contribution in [1.82, 2.24) is 5.32 Å². The molecule has 2 aromatic carbocycles. The Morgan fingerprint density at radius 1 is 1.10 bits per heavy atom. The first-order valence-electron chi connectivity index (χ1n) is 10.9. The minimum absolute atomic E-state index is 0.157. The van der Waals surface area contributed by atoms with Gasteiger partial charge in [-0.2, -0.15) is 0 Å². The Kier molecular flexibility index (Phi) is 7.59. The van der Waals surface area contributed by atoms with Crippen molar-refractivity contribution >= 4 is 21.6 Å². The molecule has 168 valence electrons. The molecule has 0 saturated heterocycles. The standard InChI is InChI=1S/C24H32N2O4S/c1-4-23(20-14-13-18-9-6-7-10-19(18)15-20)25-24(27)17-26(31(3,28)29)21-11-8-12-22(16-21)30-5-2/h8,11-16,23H,4-7,9-10,17H2,1-3H3,(H,25,27)/t23-/m0/s1. The van der Waals surface area contributed by atoms with Crippen molar-refractivity contribution in [3.05, 3.63) is 59.2 Å². The Balaban J connectivity index is 1.76. The van der Waals surface area contributed by atoms with E-state index in [1.807, 2.05) is 13.8 Å². The third-order valence-electron chi connectivity index (χ3n) is 5.62. The van der Waals surface area contributed by atoms with Gasteiger partial charge in [-0.3, -0.25) is 9.10 Å². The molecule has 0 radical (unpaired) electrons. The van der Waals surface area contributed by atoms with Crippen LogP contribution in [0.25, 0.3) is 0 Å². The summed E-state index contributed by atoms with van der Waals surface area (Å²) in [6.07, 6.45) is 6.45. The molecule has 0 unspecified atom stereocenters. The van der Waals surface area contributed by atoms with Crippen molar-refractivity contribution in [1.29, 1.82) is 0 Å². The maximum Gasteiger partial charge on any atom is 0.241 e. The molecule has 31 heavy (non-hydrogen) atoms. The lowest BCUT2D eigenvalue weighted by Gasteiger charge is -2.25. The number of hydrogen-bond acceptors (Lipinski definition) is 4. The normalized spacial score (nSPS) is 14.4. The van der Waals surface area contributed by atoms with Gasteiger partial charge < -0.3 is 10.1 Å². The van der Waals surface area contributed by atoms with Crippen molar-refractivity contribution in [2.24, 2.45) is 0 Å². The zero-order chi connectivity index (χ0) is 22.4. The van der Waals surface area contributed by atoms with E-state index in [1.165, 1.54) is 24.0 Å². The van der Waals surface area contributed by atoms with Gasteiger partial charge >= 0.3 is 0 Å². The fraction of sp³-hybridized carbons (Fsp3) is 0.458. The Labute approximate surface area is 185 Å². The van der Waals surface area contributed by atoms with E-state index >= 15 is 0 Å². The second-order valence-corrected chi connectivity index (χ2v) is 9.87. The van der Waals surface area contributed by atoms with Crippen molar-refractivity contribution in [3.63, 3.8) is 0 Å². The average Bonchev–Trinajstić information content (AvgIpc) is 2.75. The van der Waals surface area contributed by atoms with Crippen LogP contribution in [-0.2, 0) is 27.7 Å². The van der Waals surface area contributed by atoms with Crippen LogP contribution in [0.15, 0.2) is 42.5 Å². The number of nitrogens with one attached hydrogen (secondary N) is 1. The third kappa shape index (κ3) is 6.00. The fourth-order valence-electron chi connectivity index (χ4n) is 4.06. The van der Waals surface area contributed by atoms with Crippen LogP contribution in [0.4, 0.5) is 5.69 Å². The summed E-state index contributed by atoms with van der Waals surface area (Å²) in [6, 6.07) is 13.1. The highest BCUT2D eigenvalue weighted by atomic mass is 32.2. The van der Waals surface area contributed by atoms with Crippen molar-refractivity contribution in [3.8, 4) is 5.75 Å². The molecule has 1 atom stereocenters. The molecule has 1 aliphatic rings. The van der Waals surface area contributed by atoms with Crippen molar-refractivity contribution < 1.29 is 17.9 Å². The predicted molar refractivity (Wildman–Crippen MR) is 124 cm³/mol. The summed E-state index contributed by atoms with van der Waals surface area (Å²) in [5.41, 5.74) is 4.24. The average molecular weight is 445 g/mol. The van der Waals surface area contributed by atoms with Crippen LogP contribution in [0, 0.1) is 0 Å². The third-order valence-corrected chi connectivity index (χ3v) is 6.76. The highest BCUT2D eigenvalue weighted by Crippen LogP contribution is 2.27. The van der Waals surface area contributed by atoms with Crippen LogP contribution >= 0.6 is 0 Å². The largest absolute Gasteiger partial charge is 0.494 e. The highest BCUT2D eigenvalue weighted by Gasteiger charge is 2.23. The lowest BCUT2D eigenvalue weighted by atomic mass is 9.89. The summed E-state index contributed by atoms with van der Waals surface area (Å²) in [6.45, 7) is 4.07. The van der Waals surface area contributed by atoms with E-state index in [0.717, 1.165) is 35.4 Å². The molecule has 0 aromatic heterocycles. The molecule has 0 heterocycles. The highest BCUT2D eigenvalue weighted by molar-refractivity contribution is 7.92. The summed E-state index contributed by atoms with van der Waals surface area (Å²) < 4.78 is 31.4. The maximum absolute atomic E-state index is 12.9. The van der Waals surface area contributed by atoms with Crippen LogP contribution in [-0.4, -0.2) is 33.7 Å². The Morgan fingerprint density at radius 3 is 2.52 bits per heavy atom. The molecule has 0 saturated carbocycles. The van der Waals surface area contributed by atoms with Crippen molar-refractivity contribution in [2.45, 2.75) is 52.0 Å². The molecule has 2 aromatic rings. The van der Waals surface area contributed by atoms with E-state index in [2.05, 4.69) is 23.5 Å². The summed E-state index contributed by atoms with van der Waals surface area (Å²) in [7, 11) is -3.65. The zero-order valence-corrected chi connectivity index (χ0v) is 19.4. The first-order chi connectivity index (χ1) is 14.8. The summed E-state index contributed by atoms with van der Waals surface area (Å²) >= 11 is 0. The van der Waals surface area contributed by atoms with Gasteiger partial charge in [0, 0.05) is 6.07 Å². The number of rotatable bonds is 9. The molecule has 0 bridgehead atoms. The molecule has 3 rings (SSSR count). The van der Waals surface area contributed by atoms with E-state index in [1.54, 1.807) is 24.3 Å². The number of fused-ring (bicyclic) bond motifs is 1. The zero-order valence-electron chi connectivity index (χ0n) is 18.6. The number of carbonyl (C=O) groups is 1. The van der Waals surface area contributed by atoms with Crippen LogP contribution < -0.4 is 14.4 Å². The molecule has 1 amide bonds. The Hall–Kier alpha value is -2.54. The van der Waals surface area contributed by atoms with Gasteiger partial charge in [-0.25, -0.2) is 8.42 Å². The van der Waals surface area contributed by atoms with Gasteiger partial charge in [-0.15, -0.1) is 0 Å². The first-order valence-corrected chi connectivity index (χ1v) is 12.8. The van der Waals surface area contributed by atoms with E-state index in [4.69, 9.17) is 4.74 Å². The maximum atomic E-state index is 12.9. The molecule has 0 fully saturated rings. The Morgan fingerprint density at radius 2 is 1.84 bits per heavy atom. The topological polar surface area (TPSA) is 75.7 Å². The molecule has 1 aliphatic carbocycles. The van der Waals surface area contributed by atoms with E-state index in [-0.39, 0.29) is 18.5 Å². The Bertz CT molecular complexity index is 1020. The van der Waals surface area contributed by atoms with Gasteiger partial charge in [0.05, 0.1) is 24.6 Å². The van der Waals surface area contributed by atoms with Crippen LogP contribution in [0.3, 0.4) is 0 Å². The SMILES string of the molecule is CCOc1cccc(N(CC(=O)N[C@@H](CC)c2ccc3c(c2)CCCC3)S(C)(=O)=O)c1. The van der Waals surface area contributed by atoms with Crippen LogP contribution in [0.2, 0.25) is 0 Å². The monoisotopic (exact) mass is 444 g/mol. The van der Waals surface area contributed by atoms with Gasteiger partial charge in [0.15, 0.2) is 0 Å². The number of nitrogens with zero attached hydrogens (tertiary/aromatic N) is 1. The molecular weight excluding hydrogens is 412 g/mol. The fourth-order valence-corrected chi connectivity index (χ4v) is 4.91. The number of benzene rings is 2. The summed E-state index contributed by atoms with van der Waals surface area (Å²) in [5.74, 6) is 0.228. The first kappa shape index (κ1) is 23.1. The molecule has 7 heteroatoms. The predicted octanol–water partition coefficient (Wildman–Crippen LogP) is 4.00. The second kappa shape index (κ2) is 10.2. The summed E-state index contributed by atoms with van der Waals surface area (Å²) in [5, 5.41) is 3.03. The van der Waals surface area contributed by atoms with Gasteiger partial charge in [-0.05, 0) is 67.9 Å². The van der Waals surface area contributed by atoms with Crippen molar-refractivity contribution in [2.75, 3.05) is 23.7 Å². The minimum Gasteiger partial charge on any atom is -0.494 e. The molecule has 1 N–H and O–H groups in total. The van der Waals surface area contributed by atoms with E-state index in [0.29, 0.717) is 18.0 Å². The number of hydrogen-bond donors (Lipinski definition) is 1. The van der Waals surface area contributed by atoms with Gasteiger partial charge in [0.2, 0.25) is 15.9 Å². The van der Waals surface area contributed by atoms with E-state index in [9.17, 15) is 13.2 Å². The molecule has 0 aliphatic heterocycles. The number of aryl methyl sites for hydroxylation is 2. The molecule has 6 nitrogen and oxygen atoms in total. The number of amides is 1.